The Balaban J connectivity index is 1.64. The molecule has 1 aliphatic rings. The number of nitrogens with zero attached hydrogens (tertiary/aromatic N) is 2. The predicted molar refractivity (Wildman–Crippen MR) is 68.1 cm³/mol. The molecule has 1 N–H and O–H groups in total. The van der Waals surface area contributed by atoms with Crippen molar-refractivity contribution in [2.24, 2.45) is 7.05 Å². The summed E-state index contributed by atoms with van der Waals surface area (Å²) < 4.78 is 7.57. The Kier molecular flexibility index (Phi) is 4.83. The van der Waals surface area contributed by atoms with Gasteiger partial charge in [-0.3, -0.25) is 0 Å². The van der Waals surface area contributed by atoms with Crippen molar-refractivity contribution < 1.29 is 4.74 Å². The average molecular weight is 258 g/mol. The number of rotatable bonds is 5. The van der Waals surface area contributed by atoms with E-state index in [1.54, 1.807) is 6.20 Å². The van der Waals surface area contributed by atoms with Gasteiger partial charge in [0, 0.05) is 13.7 Å². The van der Waals surface area contributed by atoms with Crippen molar-refractivity contribution in [1.82, 2.24) is 14.9 Å². The molecule has 2 rings (SSSR count). The lowest BCUT2D eigenvalue weighted by Crippen LogP contribution is -2.25. The average Bonchev–Trinajstić information content (AvgIpc) is 2.67. The molecule has 1 aromatic heterocycles. The van der Waals surface area contributed by atoms with Crippen LogP contribution in [0.3, 0.4) is 0 Å². The van der Waals surface area contributed by atoms with Gasteiger partial charge in [-0.15, -0.1) is 0 Å². The third kappa shape index (κ3) is 3.69. The quantitative estimate of drug-likeness (QED) is 0.822. The van der Waals surface area contributed by atoms with Crippen LogP contribution < -0.4 is 5.32 Å². The Morgan fingerprint density at radius 3 is 3.12 bits per heavy atom. The maximum Gasteiger partial charge on any atom is 0.128 e. The van der Waals surface area contributed by atoms with Gasteiger partial charge in [-0.25, -0.2) is 4.98 Å². The van der Waals surface area contributed by atoms with Crippen LogP contribution in [0, 0.1) is 0 Å². The zero-order valence-electron chi connectivity index (χ0n) is 10.3. The lowest BCUT2D eigenvalue weighted by Gasteiger charge is -2.22. The molecule has 2 heterocycles. The zero-order chi connectivity index (χ0) is 12.1. The first-order valence-electron chi connectivity index (χ1n) is 6.26. The van der Waals surface area contributed by atoms with Gasteiger partial charge in [-0.05, 0) is 32.2 Å². The van der Waals surface area contributed by atoms with Gasteiger partial charge in [-0.2, -0.15) is 0 Å². The summed E-state index contributed by atoms with van der Waals surface area (Å²) in [5.41, 5.74) is 0. The molecule has 0 radical (unpaired) electrons. The number of ether oxygens (including phenoxy) is 1. The zero-order valence-corrected chi connectivity index (χ0v) is 11.0. The van der Waals surface area contributed by atoms with Gasteiger partial charge in [0.2, 0.25) is 0 Å². The van der Waals surface area contributed by atoms with Gasteiger partial charge < -0.3 is 14.6 Å². The van der Waals surface area contributed by atoms with Gasteiger partial charge >= 0.3 is 0 Å². The van der Waals surface area contributed by atoms with Crippen LogP contribution in [0.1, 0.15) is 31.5 Å². The van der Waals surface area contributed by atoms with Crippen molar-refractivity contribution in [3.05, 3.63) is 17.2 Å². The van der Waals surface area contributed by atoms with Crippen LogP contribution in [0.4, 0.5) is 0 Å². The largest absolute Gasteiger partial charge is 0.378 e. The topological polar surface area (TPSA) is 39.1 Å². The Labute approximate surface area is 107 Å². The van der Waals surface area contributed by atoms with E-state index in [4.69, 9.17) is 16.3 Å². The number of hydrogen-bond donors (Lipinski definition) is 1. The molecule has 0 bridgehead atoms. The third-order valence-electron chi connectivity index (χ3n) is 3.23. The molecule has 0 amide bonds. The van der Waals surface area contributed by atoms with E-state index in [0.29, 0.717) is 11.3 Å². The first kappa shape index (κ1) is 12.9. The second-order valence-electron chi connectivity index (χ2n) is 4.51. The fraction of sp³-hybridized carbons (Fsp3) is 0.750. The lowest BCUT2D eigenvalue weighted by molar-refractivity contribution is 0.0115. The maximum absolute atomic E-state index is 5.92. The minimum atomic E-state index is 0.446. The summed E-state index contributed by atoms with van der Waals surface area (Å²) in [5.74, 6) is 0.972. The molecule has 1 aliphatic heterocycles. The van der Waals surface area contributed by atoms with Crippen LogP contribution in [0.15, 0.2) is 6.20 Å². The number of imidazole rings is 1. The predicted octanol–water partition coefficient (Wildman–Crippen LogP) is 2.12. The van der Waals surface area contributed by atoms with Crippen molar-refractivity contribution in [1.29, 1.82) is 0 Å². The van der Waals surface area contributed by atoms with E-state index in [2.05, 4.69) is 10.3 Å². The van der Waals surface area contributed by atoms with Crippen molar-refractivity contribution >= 4 is 11.6 Å². The van der Waals surface area contributed by atoms with E-state index in [0.717, 1.165) is 31.9 Å². The molecule has 0 aliphatic carbocycles. The molecule has 1 unspecified atom stereocenters. The summed E-state index contributed by atoms with van der Waals surface area (Å²) in [6, 6.07) is 0. The standard InChI is InChI=1S/C12H20ClN3O/c1-16-11(13)8-15-12(16)9-14-6-5-10-4-2-3-7-17-10/h8,10,14H,2-7,9H2,1H3. The first-order valence-corrected chi connectivity index (χ1v) is 6.63. The van der Waals surface area contributed by atoms with Crippen LogP contribution in [0.25, 0.3) is 0 Å². The smallest absolute Gasteiger partial charge is 0.128 e. The van der Waals surface area contributed by atoms with Crippen molar-refractivity contribution in [3.8, 4) is 0 Å². The van der Waals surface area contributed by atoms with Gasteiger partial charge in [0.15, 0.2) is 0 Å². The van der Waals surface area contributed by atoms with Crippen LogP contribution in [0.2, 0.25) is 5.15 Å². The monoisotopic (exact) mass is 257 g/mol. The highest BCUT2D eigenvalue weighted by atomic mass is 35.5. The van der Waals surface area contributed by atoms with E-state index in [1.165, 1.54) is 19.3 Å². The summed E-state index contributed by atoms with van der Waals surface area (Å²) in [4.78, 5) is 4.24. The Hall–Kier alpha value is -0.580. The van der Waals surface area contributed by atoms with E-state index in [1.807, 2.05) is 11.6 Å². The summed E-state index contributed by atoms with van der Waals surface area (Å²) >= 11 is 5.92. The molecule has 0 spiro atoms. The molecule has 1 aromatic rings. The maximum atomic E-state index is 5.92. The van der Waals surface area contributed by atoms with Crippen LogP contribution in [0.5, 0.6) is 0 Å². The van der Waals surface area contributed by atoms with Crippen molar-refractivity contribution in [3.63, 3.8) is 0 Å². The summed E-state index contributed by atoms with van der Waals surface area (Å²) in [6.45, 7) is 2.66. The van der Waals surface area contributed by atoms with E-state index in [9.17, 15) is 0 Å². The minimum Gasteiger partial charge on any atom is -0.378 e. The molecule has 1 fully saturated rings. The number of nitrogens with one attached hydrogen (secondary N) is 1. The Morgan fingerprint density at radius 2 is 2.47 bits per heavy atom. The molecule has 96 valence electrons. The fourth-order valence-electron chi connectivity index (χ4n) is 2.09. The van der Waals surface area contributed by atoms with Gasteiger partial charge in [0.05, 0.1) is 18.8 Å². The van der Waals surface area contributed by atoms with E-state index >= 15 is 0 Å². The lowest BCUT2D eigenvalue weighted by atomic mass is 10.1. The van der Waals surface area contributed by atoms with Crippen molar-refractivity contribution in [2.45, 2.75) is 38.3 Å². The number of hydrogen-bond acceptors (Lipinski definition) is 3. The Morgan fingerprint density at radius 1 is 1.59 bits per heavy atom. The summed E-state index contributed by atoms with van der Waals surface area (Å²) in [7, 11) is 1.93. The molecule has 0 saturated carbocycles. The van der Waals surface area contributed by atoms with Gasteiger partial charge in [0.25, 0.3) is 0 Å². The molecule has 0 aromatic carbocycles. The van der Waals surface area contributed by atoms with Crippen LogP contribution in [-0.4, -0.2) is 28.8 Å². The van der Waals surface area contributed by atoms with E-state index in [-0.39, 0.29) is 0 Å². The summed E-state index contributed by atoms with van der Waals surface area (Å²) in [6.07, 6.45) is 6.94. The third-order valence-corrected chi connectivity index (χ3v) is 3.58. The SMILES string of the molecule is Cn1c(Cl)cnc1CNCCC1CCCCO1. The van der Waals surface area contributed by atoms with Crippen molar-refractivity contribution in [2.75, 3.05) is 13.2 Å². The molecule has 4 nitrogen and oxygen atoms in total. The molecule has 1 atom stereocenters. The molecule has 17 heavy (non-hydrogen) atoms. The molecular formula is C12H20ClN3O. The van der Waals surface area contributed by atoms with Crippen LogP contribution in [-0.2, 0) is 18.3 Å². The van der Waals surface area contributed by atoms with Gasteiger partial charge in [0.1, 0.15) is 11.0 Å². The van der Waals surface area contributed by atoms with Gasteiger partial charge in [-0.1, -0.05) is 11.6 Å². The highest BCUT2D eigenvalue weighted by Crippen LogP contribution is 2.15. The van der Waals surface area contributed by atoms with E-state index < -0.39 is 0 Å². The minimum absolute atomic E-state index is 0.446. The highest BCUT2D eigenvalue weighted by molar-refractivity contribution is 6.29. The van der Waals surface area contributed by atoms with Crippen LogP contribution >= 0.6 is 11.6 Å². The normalized spacial score (nSPS) is 20.7. The first-order chi connectivity index (χ1) is 8.27. The molecular weight excluding hydrogens is 238 g/mol. The highest BCUT2D eigenvalue weighted by Gasteiger charge is 2.13. The second-order valence-corrected chi connectivity index (χ2v) is 4.90. The number of aromatic nitrogens is 2. The Bertz CT molecular complexity index is 348. The molecule has 1 saturated heterocycles. The molecule has 5 heteroatoms. The summed E-state index contributed by atoms with van der Waals surface area (Å²) in [5, 5.41) is 4.06. The second kappa shape index (κ2) is 6.38. The fourth-order valence-corrected chi connectivity index (χ4v) is 2.23. The number of halogens is 1.